The molecule has 20 heavy (non-hydrogen) atoms. The first kappa shape index (κ1) is 13.3. The van der Waals surface area contributed by atoms with Gasteiger partial charge in [-0.2, -0.15) is 0 Å². The monoisotopic (exact) mass is 289 g/mol. The Kier molecular flexibility index (Phi) is 3.80. The maximum Gasteiger partial charge on any atom is 0.371 e. The number of fused-ring (bicyclic) bond motifs is 1. The Labute approximate surface area is 121 Å². The first-order valence-electron chi connectivity index (χ1n) is 6.51. The van der Waals surface area contributed by atoms with E-state index in [0.29, 0.717) is 18.3 Å². The molecule has 0 saturated heterocycles. The molecule has 2 heterocycles. The minimum Gasteiger partial charge on any atom is -0.475 e. The first-order chi connectivity index (χ1) is 9.74. The van der Waals surface area contributed by atoms with Crippen LogP contribution in [0.15, 0.2) is 45.7 Å². The molecule has 0 spiro atoms. The second-order valence-corrected chi connectivity index (χ2v) is 5.82. The Morgan fingerprint density at radius 3 is 3.00 bits per heavy atom. The van der Waals surface area contributed by atoms with Gasteiger partial charge in [0, 0.05) is 10.9 Å². The van der Waals surface area contributed by atoms with Crippen LogP contribution in [0.5, 0.6) is 0 Å². The van der Waals surface area contributed by atoms with Crippen molar-refractivity contribution in [2.24, 2.45) is 0 Å². The van der Waals surface area contributed by atoms with Gasteiger partial charge in [-0.25, -0.2) is 4.79 Å². The highest BCUT2D eigenvalue weighted by molar-refractivity contribution is 7.99. The quantitative estimate of drug-likeness (QED) is 0.904. The molecule has 1 aromatic carbocycles. The van der Waals surface area contributed by atoms with E-state index in [1.807, 2.05) is 11.8 Å². The van der Waals surface area contributed by atoms with Crippen molar-refractivity contribution in [2.45, 2.75) is 23.9 Å². The minimum absolute atomic E-state index is 0.0126. The van der Waals surface area contributed by atoms with Crippen LogP contribution in [0.25, 0.3) is 0 Å². The molecule has 0 saturated carbocycles. The van der Waals surface area contributed by atoms with Crippen molar-refractivity contribution in [1.82, 2.24) is 5.32 Å². The minimum atomic E-state index is -1.03. The summed E-state index contributed by atoms with van der Waals surface area (Å²) < 4.78 is 5.26. The molecule has 1 unspecified atom stereocenters. The molecule has 2 aromatic rings. The molecule has 4 nitrogen and oxygen atoms in total. The lowest BCUT2D eigenvalue weighted by atomic mass is 10.0. The summed E-state index contributed by atoms with van der Waals surface area (Å²) >= 11 is 1.88. The van der Waals surface area contributed by atoms with Gasteiger partial charge in [0.15, 0.2) is 0 Å². The fourth-order valence-electron chi connectivity index (χ4n) is 2.37. The summed E-state index contributed by atoms with van der Waals surface area (Å²) in [7, 11) is 0. The fraction of sp³-hybridized carbons (Fsp3) is 0.267. The third-order valence-electron chi connectivity index (χ3n) is 3.35. The number of carboxylic acid groups (broad SMARTS) is 1. The van der Waals surface area contributed by atoms with Gasteiger partial charge in [-0.05, 0) is 35.9 Å². The number of rotatable bonds is 4. The third-order valence-corrected chi connectivity index (χ3v) is 4.48. The Morgan fingerprint density at radius 2 is 2.20 bits per heavy atom. The van der Waals surface area contributed by atoms with Crippen molar-refractivity contribution in [3.8, 4) is 0 Å². The molecule has 0 aliphatic carbocycles. The molecule has 2 N–H and O–H groups in total. The number of benzene rings is 1. The molecule has 1 aromatic heterocycles. The Bertz CT molecular complexity index is 623. The molecule has 0 bridgehead atoms. The van der Waals surface area contributed by atoms with Crippen LogP contribution in [0.2, 0.25) is 0 Å². The number of carboxylic acids is 1. The highest BCUT2D eigenvalue weighted by atomic mass is 32.2. The zero-order chi connectivity index (χ0) is 13.9. The van der Waals surface area contributed by atoms with Gasteiger partial charge in [-0.3, -0.25) is 0 Å². The van der Waals surface area contributed by atoms with Gasteiger partial charge in [0.2, 0.25) is 5.76 Å². The van der Waals surface area contributed by atoms with Gasteiger partial charge in [0.25, 0.3) is 0 Å². The SMILES string of the molecule is O=C(O)c1ccc(CNC2CCSc3ccccc32)o1. The van der Waals surface area contributed by atoms with Crippen LogP contribution in [0.4, 0.5) is 0 Å². The van der Waals surface area contributed by atoms with Crippen molar-refractivity contribution in [3.63, 3.8) is 0 Å². The molecule has 0 fully saturated rings. The Morgan fingerprint density at radius 1 is 1.35 bits per heavy atom. The van der Waals surface area contributed by atoms with E-state index in [-0.39, 0.29) is 5.76 Å². The summed E-state index contributed by atoms with van der Waals surface area (Å²) in [6, 6.07) is 11.9. The van der Waals surface area contributed by atoms with Crippen LogP contribution in [0, 0.1) is 0 Å². The second-order valence-electron chi connectivity index (χ2n) is 4.68. The molecule has 1 atom stereocenters. The third kappa shape index (κ3) is 2.73. The number of aromatic carboxylic acids is 1. The average Bonchev–Trinajstić information content (AvgIpc) is 2.94. The zero-order valence-electron chi connectivity index (χ0n) is 10.8. The molecule has 5 heteroatoms. The summed E-state index contributed by atoms with van der Waals surface area (Å²) in [6.45, 7) is 0.539. The van der Waals surface area contributed by atoms with Gasteiger partial charge in [-0.15, -0.1) is 11.8 Å². The van der Waals surface area contributed by atoms with E-state index >= 15 is 0 Å². The summed E-state index contributed by atoms with van der Waals surface area (Å²) in [5, 5.41) is 12.3. The molecule has 0 radical (unpaired) electrons. The van der Waals surface area contributed by atoms with Gasteiger partial charge in [-0.1, -0.05) is 18.2 Å². The Balaban J connectivity index is 1.68. The molecular weight excluding hydrogens is 274 g/mol. The number of carbonyl (C=O) groups is 1. The van der Waals surface area contributed by atoms with E-state index in [0.717, 1.165) is 12.2 Å². The average molecular weight is 289 g/mol. The van der Waals surface area contributed by atoms with Crippen molar-refractivity contribution in [3.05, 3.63) is 53.5 Å². The summed E-state index contributed by atoms with van der Waals surface area (Å²) in [6.07, 6.45) is 1.06. The number of hydrogen-bond acceptors (Lipinski definition) is 4. The van der Waals surface area contributed by atoms with Crippen LogP contribution < -0.4 is 5.32 Å². The van der Waals surface area contributed by atoms with Crippen LogP contribution in [-0.2, 0) is 6.54 Å². The van der Waals surface area contributed by atoms with Crippen molar-refractivity contribution < 1.29 is 14.3 Å². The summed E-state index contributed by atoms with van der Waals surface area (Å²) in [4.78, 5) is 12.1. The van der Waals surface area contributed by atoms with Crippen molar-refractivity contribution in [1.29, 1.82) is 0 Å². The highest BCUT2D eigenvalue weighted by Gasteiger charge is 2.20. The maximum atomic E-state index is 10.8. The van der Waals surface area contributed by atoms with E-state index in [4.69, 9.17) is 9.52 Å². The van der Waals surface area contributed by atoms with E-state index in [1.165, 1.54) is 16.5 Å². The van der Waals surface area contributed by atoms with Crippen LogP contribution in [0.1, 0.15) is 34.3 Å². The molecule has 1 aliphatic rings. The fourth-order valence-corrected chi connectivity index (χ4v) is 3.49. The highest BCUT2D eigenvalue weighted by Crippen LogP contribution is 2.35. The predicted molar refractivity (Wildman–Crippen MR) is 77.0 cm³/mol. The summed E-state index contributed by atoms with van der Waals surface area (Å²) in [5.41, 5.74) is 1.31. The lowest BCUT2D eigenvalue weighted by Crippen LogP contribution is -2.24. The van der Waals surface area contributed by atoms with Gasteiger partial charge in [0.1, 0.15) is 5.76 Å². The normalized spacial score (nSPS) is 17.7. The van der Waals surface area contributed by atoms with Gasteiger partial charge >= 0.3 is 5.97 Å². The van der Waals surface area contributed by atoms with Crippen LogP contribution >= 0.6 is 11.8 Å². The number of furan rings is 1. The molecule has 104 valence electrons. The van der Waals surface area contributed by atoms with E-state index in [9.17, 15) is 4.79 Å². The Hall–Kier alpha value is -1.72. The van der Waals surface area contributed by atoms with Crippen LogP contribution in [-0.4, -0.2) is 16.8 Å². The van der Waals surface area contributed by atoms with E-state index in [1.54, 1.807) is 6.07 Å². The van der Waals surface area contributed by atoms with E-state index in [2.05, 4.69) is 29.6 Å². The predicted octanol–water partition coefficient (Wildman–Crippen LogP) is 3.30. The van der Waals surface area contributed by atoms with Crippen molar-refractivity contribution >= 4 is 17.7 Å². The zero-order valence-corrected chi connectivity index (χ0v) is 11.7. The van der Waals surface area contributed by atoms with E-state index < -0.39 is 5.97 Å². The number of nitrogens with one attached hydrogen (secondary N) is 1. The molecule has 3 rings (SSSR count). The lowest BCUT2D eigenvalue weighted by molar-refractivity contribution is 0.0660. The van der Waals surface area contributed by atoms with Gasteiger partial charge in [0.05, 0.1) is 6.54 Å². The standard InChI is InChI=1S/C15H15NO3S/c17-15(18)13-6-5-10(19-13)9-16-12-7-8-20-14-4-2-1-3-11(12)14/h1-6,12,16H,7-9H2,(H,17,18). The number of hydrogen-bond donors (Lipinski definition) is 2. The summed E-state index contributed by atoms with van der Waals surface area (Å²) in [5.74, 6) is 0.697. The topological polar surface area (TPSA) is 62.5 Å². The molecule has 1 aliphatic heterocycles. The molecular formula is C15H15NO3S. The van der Waals surface area contributed by atoms with Crippen molar-refractivity contribution in [2.75, 3.05) is 5.75 Å². The lowest BCUT2D eigenvalue weighted by Gasteiger charge is -2.25. The maximum absolute atomic E-state index is 10.8. The molecule has 0 amide bonds. The largest absolute Gasteiger partial charge is 0.475 e. The number of thioether (sulfide) groups is 1. The van der Waals surface area contributed by atoms with Crippen LogP contribution in [0.3, 0.4) is 0 Å². The van der Waals surface area contributed by atoms with Gasteiger partial charge < -0.3 is 14.8 Å². The smallest absolute Gasteiger partial charge is 0.371 e. The first-order valence-corrected chi connectivity index (χ1v) is 7.50. The second kappa shape index (κ2) is 5.73.